The quantitative estimate of drug-likeness (QED) is 0.743. The van der Waals surface area contributed by atoms with Gasteiger partial charge in [-0.25, -0.2) is 0 Å². The maximum absolute atomic E-state index is 10.2. The summed E-state index contributed by atoms with van der Waals surface area (Å²) in [5.74, 6) is 1.66. The second-order valence-corrected chi connectivity index (χ2v) is 6.59. The molecule has 2 N–H and O–H groups in total. The fourth-order valence-corrected chi connectivity index (χ4v) is 3.73. The van der Waals surface area contributed by atoms with Crippen molar-refractivity contribution in [3.63, 3.8) is 0 Å². The second kappa shape index (κ2) is 8.23. The van der Waals surface area contributed by atoms with Crippen LogP contribution in [0.3, 0.4) is 0 Å². The summed E-state index contributed by atoms with van der Waals surface area (Å²) in [6.07, 6.45) is 9.00. The highest BCUT2D eigenvalue weighted by atomic mass is 16.3. The minimum atomic E-state index is -0.0894. The average Bonchev–Trinajstić information content (AvgIpc) is 2.90. The molecular formula is C16H32N2O. The molecule has 0 amide bonds. The Balaban J connectivity index is 1.59. The van der Waals surface area contributed by atoms with E-state index in [4.69, 9.17) is 0 Å². The number of β-amino-alcohol motifs (C(OH)–C–C–N with tert-alkyl or cyclic N) is 1. The van der Waals surface area contributed by atoms with Crippen molar-refractivity contribution in [2.24, 2.45) is 11.8 Å². The van der Waals surface area contributed by atoms with Crippen LogP contribution < -0.4 is 5.32 Å². The summed E-state index contributed by atoms with van der Waals surface area (Å²) in [6.45, 7) is 7.70. The molecule has 1 saturated heterocycles. The average molecular weight is 268 g/mol. The number of piperidine rings is 1. The summed E-state index contributed by atoms with van der Waals surface area (Å²) in [7, 11) is 0. The molecule has 1 aliphatic carbocycles. The van der Waals surface area contributed by atoms with Gasteiger partial charge < -0.3 is 15.3 Å². The first-order valence-electron chi connectivity index (χ1n) is 8.39. The first-order valence-corrected chi connectivity index (χ1v) is 8.39. The number of hydrogen-bond acceptors (Lipinski definition) is 3. The molecular weight excluding hydrogens is 236 g/mol. The summed E-state index contributed by atoms with van der Waals surface area (Å²) in [4.78, 5) is 2.47. The third kappa shape index (κ3) is 5.41. The molecule has 1 aliphatic heterocycles. The number of nitrogens with one attached hydrogen (secondary N) is 1. The summed E-state index contributed by atoms with van der Waals surface area (Å²) < 4.78 is 0. The Morgan fingerprint density at radius 2 is 1.79 bits per heavy atom. The van der Waals surface area contributed by atoms with Gasteiger partial charge in [0.2, 0.25) is 0 Å². The van der Waals surface area contributed by atoms with E-state index in [0.29, 0.717) is 0 Å². The number of aliphatic hydroxyl groups excluding tert-OH is 1. The smallest absolute Gasteiger partial charge is 0.0669 e. The minimum absolute atomic E-state index is 0.0894. The number of hydrogen-bond donors (Lipinski definition) is 2. The molecule has 0 spiro atoms. The van der Waals surface area contributed by atoms with Crippen LogP contribution in [0, 0.1) is 11.8 Å². The predicted octanol–water partition coefficient (Wildman–Crippen LogP) is 2.25. The molecule has 3 heteroatoms. The van der Waals surface area contributed by atoms with Gasteiger partial charge in [-0.1, -0.05) is 32.6 Å². The van der Waals surface area contributed by atoms with Crippen LogP contribution in [0.5, 0.6) is 0 Å². The Morgan fingerprint density at radius 3 is 2.42 bits per heavy atom. The highest BCUT2D eigenvalue weighted by Crippen LogP contribution is 2.29. The molecule has 19 heavy (non-hydrogen) atoms. The lowest BCUT2D eigenvalue weighted by Gasteiger charge is -2.33. The lowest BCUT2D eigenvalue weighted by atomic mass is 9.95. The highest BCUT2D eigenvalue weighted by molar-refractivity contribution is 4.77. The molecule has 0 radical (unpaired) electrons. The van der Waals surface area contributed by atoms with Crippen molar-refractivity contribution >= 4 is 0 Å². The summed E-state index contributed by atoms with van der Waals surface area (Å²) >= 11 is 0. The molecule has 0 bridgehead atoms. The monoisotopic (exact) mass is 268 g/mol. The van der Waals surface area contributed by atoms with Crippen molar-refractivity contribution in [3.8, 4) is 0 Å². The molecule has 0 aromatic heterocycles. The van der Waals surface area contributed by atoms with Gasteiger partial charge in [-0.15, -0.1) is 0 Å². The van der Waals surface area contributed by atoms with Gasteiger partial charge >= 0.3 is 0 Å². The van der Waals surface area contributed by atoms with E-state index in [2.05, 4.69) is 17.1 Å². The Morgan fingerprint density at radius 1 is 1.11 bits per heavy atom. The minimum Gasteiger partial charge on any atom is -0.392 e. The number of rotatable bonds is 7. The lowest BCUT2D eigenvalue weighted by molar-refractivity contribution is 0.0731. The molecule has 2 rings (SSSR count). The standard InChI is InChI=1S/C16H32N2O/c1-2-17-12-15-7-9-18(10-8-15)13-16(19)11-14-5-3-4-6-14/h14-17,19H,2-13H2,1H3. The van der Waals surface area contributed by atoms with Crippen LogP contribution in [0.1, 0.15) is 51.9 Å². The Hall–Kier alpha value is -0.120. The topological polar surface area (TPSA) is 35.5 Å². The van der Waals surface area contributed by atoms with Gasteiger partial charge in [0.25, 0.3) is 0 Å². The second-order valence-electron chi connectivity index (χ2n) is 6.59. The van der Waals surface area contributed by atoms with E-state index in [9.17, 15) is 5.11 Å². The van der Waals surface area contributed by atoms with Crippen molar-refractivity contribution in [2.75, 3.05) is 32.7 Å². The largest absolute Gasteiger partial charge is 0.392 e. The van der Waals surface area contributed by atoms with Crippen molar-refractivity contribution in [2.45, 2.75) is 58.0 Å². The molecule has 1 saturated carbocycles. The normalized spacial score (nSPS) is 24.9. The van der Waals surface area contributed by atoms with Gasteiger partial charge in [-0.2, -0.15) is 0 Å². The molecule has 1 heterocycles. The van der Waals surface area contributed by atoms with Gasteiger partial charge in [0.15, 0.2) is 0 Å². The van der Waals surface area contributed by atoms with Crippen LogP contribution in [0.2, 0.25) is 0 Å². The van der Waals surface area contributed by atoms with Crippen LogP contribution in [-0.4, -0.2) is 48.8 Å². The Kier molecular flexibility index (Phi) is 6.62. The zero-order valence-electron chi connectivity index (χ0n) is 12.6. The zero-order chi connectivity index (χ0) is 13.5. The third-order valence-electron chi connectivity index (χ3n) is 4.94. The van der Waals surface area contributed by atoms with Gasteiger partial charge in [0.1, 0.15) is 0 Å². The third-order valence-corrected chi connectivity index (χ3v) is 4.94. The molecule has 2 aliphatic rings. The Bertz CT molecular complexity index is 233. The van der Waals surface area contributed by atoms with E-state index in [1.165, 1.54) is 58.2 Å². The summed E-state index contributed by atoms with van der Waals surface area (Å²) in [5.41, 5.74) is 0. The molecule has 0 aromatic carbocycles. The van der Waals surface area contributed by atoms with E-state index in [-0.39, 0.29) is 6.10 Å². The van der Waals surface area contributed by atoms with E-state index in [1.807, 2.05) is 0 Å². The Labute approximate surface area is 118 Å². The first kappa shape index (κ1) is 15.3. The van der Waals surface area contributed by atoms with Crippen molar-refractivity contribution in [1.82, 2.24) is 10.2 Å². The fourth-order valence-electron chi connectivity index (χ4n) is 3.73. The molecule has 112 valence electrons. The van der Waals surface area contributed by atoms with Gasteiger partial charge in [0, 0.05) is 6.54 Å². The zero-order valence-corrected chi connectivity index (χ0v) is 12.6. The van der Waals surface area contributed by atoms with Gasteiger partial charge in [-0.05, 0) is 57.3 Å². The van der Waals surface area contributed by atoms with Gasteiger partial charge in [-0.3, -0.25) is 0 Å². The van der Waals surface area contributed by atoms with Crippen LogP contribution in [0.25, 0.3) is 0 Å². The summed E-state index contributed by atoms with van der Waals surface area (Å²) in [6, 6.07) is 0. The van der Waals surface area contributed by atoms with E-state index in [1.54, 1.807) is 0 Å². The predicted molar refractivity (Wildman–Crippen MR) is 80.3 cm³/mol. The van der Waals surface area contributed by atoms with E-state index >= 15 is 0 Å². The maximum atomic E-state index is 10.2. The number of likely N-dealkylation sites (tertiary alicyclic amines) is 1. The number of aliphatic hydroxyl groups is 1. The van der Waals surface area contributed by atoms with Gasteiger partial charge in [0.05, 0.1) is 6.10 Å². The fraction of sp³-hybridized carbons (Fsp3) is 1.00. The molecule has 3 nitrogen and oxygen atoms in total. The maximum Gasteiger partial charge on any atom is 0.0669 e. The highest BCUT2D eigenvalue weighted by Gasteiger charge is 2.23. The first-order chi connectivity index (χ1) is 9.28. The molecule has 1 unspecified atom stereocenters. The SMILES string of the molecule is CCNCC1CCN(CC(O)CC2CCCC2)CC1. The number of nitrogens with zero attached hydrogens (tertiary/aromatic N) is 1. The molecule has 0 aromatic rings. The van der Waals surface area contributed by atoms with Crippen LogP contribution in [-0.2, 0) is 0 Å². The van der Waals surface area contributed by atoms with E-state index < -0.39 is 0 Å². The van der Waals surface area contributed by atoms with Crippen LogP contribution >= 0.6 is 0 Å². The van der Waals surface area contributed by atoms with Crippen LogP contribution in [0.4, 0.5) is 0 Å². The molecule has 2 fully saturated rings. The van der Waals surface area contributed by atoms with Crippen molar-refractivity contribution in [1.29, 1.82) is 0 Å². The lowest BCUT2D eigenvalue weighted by Crippen LogP contribution is -2.41. The van der Waals surface area contributed by atoms with Crippen molar-refractivity contribution in [3.05, 3.63) is 0 Å². The van der Waals surface area contributed by atoms with Crippen molar-refractivity contribution < 1.29 is 5.11 Å². The van der Waals surface area contributed by atoms with Crippen LogP contribution in [0.15, 0.2) is 0 Å². The van der Waals surface area contributed by atoms with E-state index in [0.717, 1.165) is 31.3 Å². The molecule has 1 atom stereocenters. The summed E-state index contributed by atoms with van der Waals surface area (Å²) in [5, 5.41) is 13.7.